The van der Waals surface area contributed by atoms with Crippen LogP contribution in [0.4, 0.5) is 0 Å². The van der Waals surface area contributed by atoms with E-state index >= 15 is 0 Å². The number of esters is 1. The first kappa shape index (κ1) is 10.4. The van der Waals surface area contributed by atoms with Crippen LogP contribution in [0, 0.1) is 0 Å². The molecule has 0 aromatic heterocycles. The van der Waals surface area contributed by atoms with Crippen LogP contribution < -0.4 is 5.32 Å². The fraction of sp³-hybridized carbons (Fsp3) is 0.875. The Morgan fingerprint density at radius 3 is 2.55 bits per heavy atom. The summed E-state index contributed by atoms with van der Waals surface area (Å²) < 4.78 is 4.95. The average molecular weight is 159 g/mol. The highest BCUT2D eigenvalue weighted by molar-refractivity contribution is 5.66. The van der Waals surface area contributed by atoms with Gasteiger partial charge in [-0.2, -0.15) is 0 Å². The Hall–Kier alpha value is -0.570. The van der Waals surface area contributed by atoms with Crippen molar-refractivity contribution in [1.82, 2.24) is 5.32 Å². The Labute approximate surface area is 68.1 Å². The highest BCUT2D eigenvalue weighted by atomic mass is 16.6. The van der Waals surface area contributed by atoms with Gasteiger partial charge < -0.3 is 4.74 Å². The molecule has 1 N–H and O–H groups in total. The Bertz CT molecular complexity index is 115. The summed E-state index contributed by atoms with van der Waals surface area (Å²) >= 11 is 0. The average Bonchev–Trinajstić information content (AvgIpc) is 1.97. The molecular formula is C8H17NO2. The number of nitrogens with one attached hydrogen (secondary N) is 1. The second-order valence-electron chi connectivity index (χ2n) is 2.46. The lowest BCUT2D eigenvalue weighted by atomic mass is 10.4. The van der Waals surface area contributed by atoms with Gasteiger partial charge in [0.2, 0.25) is 0 Å². The van der Waals surface area contributed by atoms with Gasteiger partial charge in [0, 0.05) is 6.92 Å². The molecular weight excluding hydrogens is 142 g/mol. The summed E-state index contributed by atoms with van der Waals surface area (Å²) in [5, 5.41) is 3.11. The SMILES string of the molecule is CCCNC(CC)OC(C)=O. The normalized spacial score (nSPS) is 12.6. The van der Waals surface area contributed by atoms with E-state index < -0.39 is 0 Å². The Morgan fingerprint density at radius 1 is 1.55 bits per heavy atom. The molecule has 3 nitrogen and oxygen atoms in total. The Balaban J connectivity index is 3.49. The minimum Gasteiger partial charge on any atom is -0.447 e. The summed E-state index contributed by atoms with van der Waals surface area (Å²) in [6.45, 7) is 6.38. The number of ether oxygens (including phenoxy) is 1. The zero-order chi connectivity index (χ0) is 8.69. The van der Waals surface area contributed by atoms with E-state index in [9.17, 15) is 4.79 Å². The molecule has 1 atom stereocenters. The van der Waals surface area contributed by atoms with Gasteiger partial charge in [-0.1, -0.05) is 13.8 Å². The lowest BCUT2D eigenvalue weighted by Crippen LogP contribution is -2.33. The standard InChI is InChI=1S/C8H17NO2/c1-4-6-9-8(5-2)11-7(3)10/h8-9H,4-6H2,1-3H3. The van der Waals surface area contributed by atoms with E-state index in [1.807, 2.05) is 6.92 Å². The van der Waals surface area contributed by atoms with Gasteiger partial charge in [-0.3, -0.25) is 10.1 Å². The third kappa shape index (κ3) is 5.85. The lowest BCUT2D eigenvalue weighted by molar-refractivity contribution is -0.148. The van der Waals surface area contributed by atoms with Gasteiger partial charge in [0.25, 0.3) is 0 Å². The summed E-state index contributed by atoms with van der Waals surface area (Å²) in [6, 6.07) is 0. The highest BCUT2D eigenvalue weighted by Gasteiger charge is 2.06. The van der Waals surface area contributed by atoms with Crippen molar-refractivity contribution >= 4 is 5.97 Å². The van der Waals surface area contributed by atoms with Crippen molar-refractivity contribution in [1.29, 1.82) is 0 Å². The van der Waals surface area contributed by atoms with Crippen LogP contribution >= 0.6 is 0 Å². The highest BCUT2D eigenvalue weighted by Crippen LogP contribution is 1.93. The summed E-state index contributed by atoms with van der Waals surface area (Å²) in [5.41, 5.74) is 0. The minimum atomic E-state index is -0.222. The van der Waals surface area contributed by atoms with Crippen molar-refractivity contribution in [3.05, 3.63) is 0 Å². The largest absolute Gasteiger partial charge is 0.447 e. The van der Waals surface area contributed by atoms with Crippen molar-refractivity contribution in [2.75, 3.05) is 6.54 Å². The van der Waals surface area contributed by atoms with Gasteiger partial charge in [0.05, 0.1) is 0 Å². The van der Waals surface area contributed by atoms with Crippen LogP contribution in [0.25, 0.3) is 0 Å². The van der Waals surface area contributed by atoms with Gasteiger partial charge in [-0.15, -0.1) is 0 Å². The van der Waals surface area contributed by atoms with Gasteiger partial charge in [-0.25, -0.2) is 0 Å². The topological polar surface area (TPSA) is 38.3 Å². The van der Waals surface area contributed by atoms with Gasteiger partial charge in [0.15, 0.2) is 6.23 Å². The second-order valence-corrected chi connectivity index (χ2v) is 2.46. The summed E-state index contributed by atoms with van der Waals surface area (Å²) in [5.74, 6) is -0.222. The number of hydrogen-bond acceptors (Lipinski definition) is 3. The molecule has 0 fully saturated rings. The molecule has 0 spiro atoms. The monoisotopic (exact) mass is 159 g/mol. The van der Waals surface area contributed by atoms with Crippen LogP contribution in [0.1, 0.15) is 33.6 Å². The molecule has 0 rings (SSSR count). The molecule has 3 heteroatoms. The minimum absolute atomic E-state index is 0.104. The zero-order valence-electron chi connectivity index (χ0n) is 7.52. The molecule has 66 valence electrons. The van der Waals surface area contributed by atoms with Gasteiger partial charge in [-0.05, 0) is 19.4 Å². The molecule has 0 aliphatic heterocycles. The fourth-order valence-electron chi connectivity index (χ4n) is 0.775. The van der Waals surface area contributed by atoms with Crippen molar-refractivity contribution in [3.63, 3.8) is 0 Å². The van der Waals surface area contributed by atoms with E-state index in [1.165, 1.54) is 6.92 Å². The molecule has 0 saturated heterocycles. The van der Waals surface area contributed by atoms with Crippen LogP contribution in [-0.4, -0.2) is 18.7 Å². The molecule has 0 radical (unpaired) electrons. The molecule has 0 aliphatic carbocycles. The molecule has 0 aliphatic rings. The Morgan fingerprint density at radius 2 is 2.18 bits per heavy atom. The van der Waals surface area contributed by atoms with E-state index in [4.69, 9.17) is 4.74 Å². The van der Waals surface area contributed by atoms with Gasteiger partial charge in [0.1, 0.15) is 0 Å². The maximum Gasteiger partial charge on any atom is 0.304 e. The molecule has 0 amide bonds. The van der Waals surface area contributed by atoms with Crippen LogP contribution in [0.3, 0.4) is 0 Å². The van der Waals surface area contributed by atoms with E-state index in [0.717, 1.165) is 19.4 Å². The molecule has 0 bridgehead atoms. The summed E-state index contributed by atoms with van der Waals surface area (Å²) in [7, 11) is 0. The third-order valence-corrected chi connectivity index (χ3v) is 1.30. The fourth-order valence-corrected chi connectivity index (χ4v) is 0.775. The molecule has 1 unspecified atom stereocenters. The number of carbonyl (C=O) groups is 1. The summed E-state index contributed by atoms with van der Waals surface area (Å²) in [6.07, 6.45) is 1.77. The predicted molar refractivity (Wildman–Crippen MR) is 44.1 cm³/mol. The first-order chi connectivity index (χ1) is 5.20. The number of carbonyl (C=O) groups excluding carboxylic acids is 1. The van der Waals surface area contributed by atoms with Crippen LogP contribution in [0.15, 0.2) is 0 Å². The first-order valence-corrected chi connectivity index (χ1v) is 4.11. The molecule has 0 aromatic rings. The maximum absolute atomic E-state index is 10.5. The maximum atomic E-state index is 10.5. The van der Waals surface area contributed by atoms with Gasteiger partial charge >= 0.3 is 5.97 Å². The van der Waals surface area contributed by atoms with E-state index in [2.05, 4.69) is 12.2 Å². The predicted octanol–water partition coefficient (Wildman–Crippen LogP) is 1.29. The van der Waals surface area contributed by atoms with E-state index in [0.29, 0.717) is 0 Å². The van der Waals surface area contributed by atoms with Crippen molar-refractivity contribution < 1.29 is 9.53 Å². The first-order valence-electron chi connectivity index (χ1n) is 4.11. The zero-order valence-corrected chi connectivity index (χ0v) is 7.52. The summed E-state index contributed by atoms with van der Waals surface area (Å²) in [4.78, 5) is 10.5. The smallest absolute Gasteiger partial charge is 0.304 e. The quantitative estimate of drug-likeness (QED) is 0.485. The molecule has 0 heterocycles. The molecule has 0 aromatic carbocycles. The van der Waals surface area contributed by atoms with E-state index in [1.54, 1.807) is 0 Å². The number of hydrogen-bond donors (Lipinski definition) is 1. The van der Waals surface area contributed by atoms with Crippen molar-refractivity contribution in [2.45, 2.75) is 39.8 Å². The third-order valence-electron chi connectivity index (χ3n) is 1.30. The van der Waals surface area contributed by atoms with Crippen LogP contribution in [-0.2, 0) is 9.53 Å². The Kier molecular flexibility index (Phi) is 5.84. The van der Waals surface area contributed by atoms with Crippen molar-refractivity contribution in [2.24, 2.45) is 0 Å². The number of rotatable bonds is 5. The van der Waals surface area contributed by atoms with E-state index in [-0.39, 0.29) is 12.2 Å². The van der Waals surface area contributed by atoms with Crippen LogP contribution in [0.2, 0.25) is 0 Å². The molecule has 0 saturated carbocycles. The van der Waals surface area contributed by atoms with Crippen LogP contribution in [0.5, 0.6) is 0 Å². The second kappa shape index (κ2) is 6.16. The molecule has 11 heavy (non-hydrogen) atoms. The lowest BCUT2D eigenvalue weighted by Gasteiger charge is -2.15. The van der Waals surface area contributed by atoms with Crippen molar-refractivity contribution in [3.8, 4) is 0 Å².